The van der Waals surface area contributed by atoms with Crippen molar-refractivity contribution in [1.29, 1.82) is 0 Å². The highest BCUT2D eigenvalue weighted by Gasteiger charge is 2.17. The summed E-state index contributed by atoms with van der Waals surface area (Å²) in [5.41, 5.74) is 5.57. The molecule has 4 heterocycles. The zero-order valence-corrected chi connectivity index (χ0v) is 14.8. The van der Waals surface area contributed by atoms with Crippen LogP contribution in [-0.2, 0) is 0 Å². The predicted octanol–water partition coefficient (Wildman–Crippen LogP) is 3.99. The van der Waals surface area contributed by atoms with Crippen LogP contribution in [0.3, 0.4) is 0 Å². The van der Waals surface area contributed by atoms with Crippen LogP contribution in [0, 0.1) is 13.8 Å². The third-order valence-electron chi connectivity index (χ3n) is 4.11. The van der Waals surface area contributed by atoms with Gasteiger partial charge in [0.2, 0.25) is 0 Å². The second kappa shape index (κ2) is 5.87. The molecule has 0 amide bonds. The molecule has 124 valence electrons. The Bertz CT molecular complexity index is 1030. The molecule has 0 unspecified atom stereocenters. The van der Waals surface area contributed by atoms with E-state index in [0.29, 0.717) is 5.65 Å². The van der Waals surface area contributed by atoms with Crippen LogP contribution in [0.25, 0.3) is 33.5 Å². The van der Waals surface area contributed by atoms with Crippen molar-refractivity contribution < 1.29 is 0 Å². The Labute approximate surface area is 145 Å². The van der Waals surface area contributed by atoms with Gasteiger partial charge in [-0.1, -0.05) is 0 Å². The minimum atomic E-state index is 0. The Hall–Kier alpha value is -2.47. The third-order valence-corrected chi connectivity index (χ3v) is 4.11. The molecule has 4 aromatic rings. The Balaban J connectivity index is 0.00000169. The zero-order chi connectivity index (χ0) is 16.1. The molecule has 0 spiro atoms. The summed E-state index contributed by atoms with van der Waals surface area (Å²) >= 11 is 0. The van der Waals surface area contributed by atoms with Gasteiger partial charge in [0.1, 0.15) is 0 Å². The van der Waals surface area contributed by atoms with E-state index in [1.54, 1.807) is 6.20 Å². The SMILES string of the molecule is Cc1cc(-c2[nH]nc3ncccc23)nc2c1c(C)nn2C(C)C.Cl. The fraction of sp³-hybridized carbons (Fsp3) is 0.294. The Morgan fingerprint density at radius 3 is 2.75 bits per heavy atom. The van der Waals surface area contributed by atoms with E-state index >= 15 is 0 Å². The van der Waals surface area contributed by atoms with Gasteiger partial charge in [-0.2, -0.15) is 10.2 Å². The van der Waals surface area contributed by atoms with Crippen LogP contribution in [0.5, 0.6) is 0 Å². The molecule has 0 aromatic carbocycles. The highest BCUT2D eigenvalue weighted by Crippen LogP contribution is 2.29. The molecule has 1 N–H and O–H groups in total. The molecule has 0 aliphatic carbocycles. The van der Waals surface area contributed by atoms with E-state index in [0.717, 1.165) is 33.5 Å². The minimum absolute atomic E-state index is 0. The number of aryl methyl sites for hydroxylation is 2. The fourth-order valence-electron chi connectivity index (χ4n) is 3.06. The smallest absolute Gasteiger partial charge is 0.181 e. The van der Waals surface area contributed by atoms with E-state index in [1.165, 1.54) is 5.56 Å². The number of fused-ring (bicyclic) bond motifs is 2. The highest BCUT2D eigenvalue weighted by molar-refractivity contribution is 5.92. The first-order chi connectivity index (χ1) is 11.1. The topological polar surface area (TPSA) is 72.3 Å². The van der Waals surface area contributed by atoms with Gasteiger partial charge in [0, 0.05) is 23.0 Å². The molecule has 24 heavy (non-hydrogen) atoms. The quantitative estimate of drug-likeness (QED) is 0.598. The number of rotatable bonds is 2. The number of aromatic nitrogens is 6. The van der Waals surface area contributed by atoms with Crippen molar-refractivity contribution in [3.8, 4) is 11.4 Å². The molecule has 0 saturated heterocycles. The van der Waals surface area contributed by atoms with Crippen LogP contribution < -0.4 is 0 Å². The summed E-state index contributed by atoms with van der Waals surface area (Å²) in [6, 6.07) is 6.26. The summed E-state index contributed by atoms with van der Waals surface area (Å²) in [7, 11) is 0. The van der Waals surface area contributed by atoms with Gasteiger partial charge < -0.3 is 0 Å². The van der Waals surface area contributed by atoms with Crippen molar-refractivity contribution in [3.05, 3.63) is 35.7 Å². The molecule has 0 atom stereocenters. The summed E-state index contributed by atoms with van der Waals surface area (Å²) < 4.78 is 1.98. The lowest BCUT2D eigenvalue weighted by Crippen LogP contribution is -2.04. The van der Waals surface area contributed by atoms with Crippen molar-refractivity contribution in [1.82, 2.24) is 29.9 Å². The van der Waals surface area contributed by atoms with Crippen LogP contribution in [0.15, 0.2) is 24.4 Å². The van der Waals surface area contributed by atoms with Gasteiger partial charge in [-0.05, 0) is 51.5 Å². The number of nitrogens with zero attached hydrogens (tertiary/aromatic N) is 5. The van der Waals surface area contributed by atoms with Gasteiger partial charge in [-0.3, -0.25) is 5.10 Å². The molecular formula is C17H19ClN6. The number of pyridine rings is 2. The number of halogens is 1. The minimum Gasteiger partial charge on any atom is -0.273 e. The first kappa shape index (κ1) is 16.4. The highest BCUT2D eigenvalue weighted by atomic mass is 35.5. The lowest BCUT2D eigenvalue weighted by molar-refractivity contribution is 0.543. The standard InChI is InChI=1S/C17H18N6.ClH/c1-9(2)23-17-14(11(4)22-23)10(3)8-13(19-17)15-12-6-5-7-18-16(12)21-20-15;/h5-9H,1-4H3,(H,18,20,21);1H. The number of H-pyrrole nitrogens is 1. The van der Waals surface area contributed by atoms with E-state index in [9.17, 15) is 0 Å². The lowest BCUT2D eigenvalue weighted by Gasteiger charge is -2.08. The van der Waals surface area contributed by atoms with Crippen molar-refractivity contribution in [3.63, 3.8) is 0 Å². The Morgan fingerprint density at radius 1 is 1.21 bits per heavy atom. The van der Waals surface area contributed by atoms with Gasteiger partial charge in [0.25, 0.3) is 0 Å². The molecule has 0 aliphatic heterocycles. The second-order valence-corrected chi connectivity index (χ2v) is 6.12. The van der Waals surface area contributed by atoms with Crippen molar-refractivity contribution >= 4 is 34.5 Å². The molecule has 0 fully saturated rings. The maximum Gasteiger partial charge on any atom is 0.181 e. The van der Waals surface area contributed by atoms with Gasteiger partial charge in [-0.25, -0.2) is 14.6 Å². The van der Waals surface area contributed by atoms with Crippen molar-refractivity contribution in [2.45, 2.75) is 33.7 Å². The Morgan fingerprint density at radius 2 is 2.00 bits per heavy atom. The summed E-state index contributed by atoms with van der Waals surface area (Å²) in [4.78, 5) is 9.15. The summed E-state index contributed by atoms with van der Waals surface area (Å²) in [5, 5.41) is 14.1. The number of aromatic amines is 1. The predicted molar refractivity (Wildman–Crippen MR) is 97.5 cm³/mol. The van der Waals surface area contributed by atoms with Crippen LogP contribution in [-0.4, -0.2) is 29.9 Å². The van der Waals surface area contributed by atoms with E-state index < -0.39 is 0 Å². The van der Waals surface area contributed by atoms with Crippen LogP contribution in [0.1, 0.15) is 31.1 Å². The second-order valence-electron chi connectivity index (χ2n) is 6.12. The molecule has 6 nitrogen and oxygen atoms in total. The molecule has 4 rings (SSSR count). The van der Waals surface area contributed by atoms with Gasteiger partial charge in [0.05, 0.1) is 17.1 Å². The normalized spacial score (nSPS) is 11.4. The van der Waals surface area contributed by atoms with Crippen molar-refractivity contribution in [2.24, 2.45) is 0 Å². The van der Waals surface area contributed by atoms with E-state index in [1.807, 2.05) is 23.7 Å². The van der Waals surface area contributed by atoms with Gasteiger partial charge >= 0.3 is 0 Å². The molecule has 0 aliphatic rings. The first-order valence-corrected chi connectivity index (χ1v) is 7.72. The molecular weight excluding hydrogens is 324 g/mol. The monoisotopic (exact) mass is 342 g/mol. The van der Waals surface area contributed by atoms with Crippen LogP contribution >= 0.6 is 12.4 Å². The molecule has 4 aromatic heterocycles. The lowest BCUT2D eigenvalue weighted by atomic mass is 10.1. The molecule has 0 radical (unpaired) electrons. The molecule has 7 heteroatoms. The summed E-state index contributed by atoms with van der Waals surface area (Å²) in [5.74, 6) is 0. The number of hydrogen-bond donors (Lipinski definition) is 1. The van der Waals surface area contributed by atoms with Gasteiger partial charge in [0.15, 0.2) is 11.3 Å². The van der Waals surface area contributed by atoms with E-state index in [4.69, 9.17) is 4.98 Å². The molecule has 0 saturated carbocycles. The summed E-state index contributed by atoms with van der Waals surface area (Å²) in [6.07, 6.45) is 1.74. The third kappa shape index (κ3) is 2.34. The van der Waals surface area contributed by atoms with Crippen molar-refractivity contribution in [2.75, 3.05) is 0 Å². The van der Waals surface area contributed by atoms with Crippen LogP contribution in [0.2, 0.25) is 0 Å². The maximum absolute atomic E-state index is 4.87. The maximum atomic E-state index is 4.87. The largest absolute Gasteiger partial charge is 0.273 e. The zero-order valence-electron chi connectivity index (χ0n) is 14.0. The molecule has 0 bridgehead atoms. The number of hydrogen-bond acceptors (Lipinski definition) is 4. The van der Waals surface area contributed by atoms with Gasteiger partial charge in [-0.15, -0.1) is 12.4 Å². The number of nitrogens with one attached hydrogen (secondary N) is 1. The average Bonchev–Trinajstić information content (AvgIpc) is 3.09. The van der Waals surface area contributed by atoms with E-state index in [-0.39, 0.29) is 18.4 Å². The van der Waals surface area contributed by atoms with E-state index in [2.05, 4.69) is 47.1 Å². The fourth-order valence-corrected chi connectivity index (χ4v) is 3.06. The van der Waals surface area contributed by atoms with Crippen LogP contribution in [0.4, 0.5) is 0 Å². The Kier molecular flexibility index (Phi) is 4.01. The summed E-state index contributed by atoms with van der Waals surface area (Å²) in [6.45, 7) is 8.37. The average molecular weight is 343 g/mol. The first-order valence-electron chi connectivity index (χ1n) is 7.72.